The third kappa shape index (κ3) is 3.54. The van der Waals surface area contributed by atoms with Crippen molar-refractivity contribution >= 4 is 20.7 Å². The van der Waals surface area contributed by atoms with Gasteiger partial charge in [-0.1, -0.05) is 30.3 Å². The Labute approximate surface area is 169 Å². The fraction of sp³-hybridized carbons (Fsp3) is 0.0870. The Morgan fingerprint density at radius 2 is 1.34 bits per heavy atom. The highest BCUT2D eigenvalue weighted by Gasteiger charge is 2.22. The number of hydrogen-bond donors (Lipinski definition) is 0. The lowest BCUT2D eigenvalue weighted by atomic mass is 10.0. The zero-order chi connectivity index (χ0) is 20.4. The second-order valence-electron chi connectivity index (χ2n) is 6.43. The van der Waals surface area contributed by atoms with Crippen molar-refractivity contribution in [2.24, 2.45) is 0 Å². The molecule has 29 heavy (non-hydrogen) atoms. The van der Waals surface area contributed by atoms with Gasteiger partial charge in [0.25, 0.3) is 0 Å². The second-order valence-corrected chi connectivity index (χ2v) is 8.33. The maximum absolute atomic E-state index is 13.2. The van der Waals surface area contributed by atoms with Gasteiger partial charge in [0.1, 0.15) is 11.5 Å². The van der Waals surface area contributed by atoms with E-state index < -0.39 is 9.84 Å². The molecule has 0 saturated heterocycles. The first-order chi connectivity index (χ1) is 14.0. The van der Waals surface area contributed by atoms with Crippen LogP contribution in [0.1, 0.15) is 0 Å². The summed E-state index contributed by atoms with van der Waals surface area (Å²) in [4.78, 5) is 4.61. The number of fused-ring (bicyclic) bond motifs is 1. The molecule has 0 radical (unpaired) electrons. The largest absolute Gasteiger partial charge is 0.497 e. The van der Waals surface area contributed by atoms with Crippen molar-refractivity contribution in [3.8, 4) is 22.6 Å². The van der Waals surface area contributed by atoms with Crippen molar-refractivity contribution < 1.29 is 17.9 Å². The molecule has 0 aliphatic heterocycles. The van der Waals surface area contributed by atoms with Crippen molar-refractivity contribution in [2.45, 2.75) is 9.92 Å². The van der Waals surface area contributed by atoms with E-state index in [1.54, 1.807) is 25.3 Å². The maximum Gasteiger partial charge on any atom is 0.223 e. The second kappa shape index (κ2) is 7.56. The lowest BCUT2D eigenvalue weighted by Crippen LogP contribution is -2.05. The molecule has 0 aliphatic rings. The minimum atomic E-state index is -3.79. The van der Waals surface area contributed by atoms with Gasteiger partial charge in [-0.3, -0.25) is 0 Å². The SMILES string of the molecule is COc1ccc(-c2cc(S(=O)(=O)c3ccc(OC)cc3)nc3ccccc23)cc1. The third-order valence-electron chi connectivity index (χ3n) is 4.74. The van der Waals surface area contributed by atoms with Crippen LogP contribution in [0.5, 0.6) is 11.5 Å². The molecule has 5 nitrogen and oxygen atoms in total. The van der Waals surface area contributed by atoms with Crippen LogP contribution < -0.4 is 9.47 Å². The van der Waals surface area contributed by atoms with Crippen LogP contribution in [0.2, 0.25) is 0 Å². The number of benzene rings is 3. The van der Waals surface area contributed by atoms with E-state index in [9.17, 15) is 8.42 Å². The molecule has 0 spiro atoms. The molecule has 0 N–H and O–H groups in total. The topological polar surface area (TPSA) is 65.5 Å². The monoisotopic (exact) mass is 405 g/mol. The minimum Gasteiger partial charge on any atom is -0.497 e. The van der Waals surface area contributed by atoms with Crippen LogP contribution in [0.4, 0.5) is 0 Å². The van der Waals surface area contributed by atoms with Gasteiger partial charge in [0.2, 0.25) is 9.84 Å². The molecule has 0 unspecified atom stereocenters. The number of para-hydroxylation sites is 1. The van der Waals surface area contributed by atoms with Crippen molar-refractivity contribution in [1.82, 2.24) is 4.98 Å². The lowest BCUT2D eigenvalue weighted by molar-refractivity contribution is 0.414. The lowest BCUT2D eigenvalue weighted by Gasteiger charge is -2.11. The summed E-state index contributed by atoms with van der Waals surface area (Å²) in [6.07, 6.45) is 0. The van der Waals surface area contributed by atoms with Crippen molar-refractivity contribution in [2.75, 3.05) is 14.2 Å². The minimum absolute atomic E-state index is 0.00665. The number of rotatable bonds is 5. The summed E-state index contributed by atoms with van der Waals surface area (Å²) < 4.78 is 36.8. The highest BCUT2D eigenvalue weighted by atomic mass is 32.2. The molecule has 6 heteroatoms. The summed E-state index contributed by atoms with van der Waals surface area (Å²) in [5, 5.41) is 0.888. The Kier molecular flexibility index (Phi) is 4.94. The van der Waals surface area contributed by atoms with Crippen molar-refractivity contribution in [3.05, 3.63) is 78.9 Å². The fourth-order valence-electron chi connectivity index (χ4n) is 3.17. The van der Waals surface area contributed by atoms with E-state index in [1.807, 2.05) is 48.5 Å². The zero-order valence-electron chi connectivity index (χ0n) is 16.0. The molecule has 0 aliphatic carbocycles. The summed E-state index contributed by atoms with van der Waals surface area (Å²) in [6, 6.07) is 22.9. The summed E-state index contributed by atoms with van der Waals surface area (Å²) in [5.41, 5.74) is 2.30. The highest BCUT2D eigenvalue weighted by Crippen LogP contribution is 2.33. The number of methoxy groups -OCH3 is 2. The number of pyridine rings is 1. The summed E-state index contributed by atoms with van der Waals surface area (Å²) in [7, 11) is -0.645. The Hall–Kier alpha value is -3.38. The van der Waals surface area contributed by atoms with Crippen LogP contribution in [0, 0.1) is 0 Å². The van der Waals surface area contributed by atoms with Gasteiger partial charge < -0.3 is 9.47 Å². The fourth-order valence-corrected chi connectivity index (χ4v) is 4.40. The number of aromatic nitrogens is 1. The predicted molar refractivity (Wildman–Crippen MR) is 112 cm³/mol. The van der Waals surface area contributed by atoms with E-state index >= 15 is 0 Å². The average Bonchev–Trinajstić information content (AvgIpc) is 2.78. The van der Waals surface area contributed by atoms with E-state index in [0.717, 1.165) is 22.3 Å². The Balaban J connectivity index is 1.91. The number of sulfone groups is 1. The first-order valence-corrected chi connectivity index (χ1v) is 10.4. The van der Waals surface area contributed by atoms with Crippen LogP contribution in [0.3, 0.4) is 0 Å². The average molecular weight is 405 g/mol. The van der Waals surface area contributed by atoms with Gasteiger partial charge in [0.05, 0.1) is 24.6 Å². The van der Waals surface area contributed by atoms with Gasteiger partial charge in [0.15, 0.2) is 5.03 Å². The van der Waals surface area contributed by atoms with Gasteiger partial charge in [-0.15, -0.1) is 0 Å². The van der Waals surface area contributed by atoms with Crippen molar-refractivity contribution in [3.63, 3.8) is 0 Å². The van der Waals surface area contributed by atoms with Gasteiger partial charge in [0, 0.05) is 5.39 Å². The molecule has 4 rings (SSSR count). The molecular weight excluding hydrogens is 386 g/mol. The van der Waals surface area contributed by atoms with Crippen molar-refractivity contribution in [1.29, 1.82) is 0 Å². The van der Waals surface area contributed by atoms with Gasteiger partial charge >= 0.3 is 0 Å². The smallest absolute Gasteiger partial charge is 0.223 e. The van der Waals surface area contributed by atoms with Crippen LogP contribution >= 0.6 is 0 Å². The van der Waals surface area contributed by atoms with Crippen LogP contribution in [-0.4, -0.2) is 27.6 Å². The van der Waals surface area contributed by atoms with E-state index in [1.165, 1.54) is 19.2 Å². The molecule has 4 aromatic rings. The van der Waals surface area contributed by atoms with Gasteiger partial charge in [-0.2, -0.15) is 0 Å². The Bertz CT molecular complexity index is 1260. The molecule has 3 aromatic carbocycles. The molecule has 0 atom stereocenters. The molecule has 1 heterocycles. The summed E-state index contributed by atoms with van der Waals surface area (Å²) in [6.45, 7) is 0. The third-order valence-corrected chi connectivity index (χ3v) is 6.39. The normalized spacial score (nSPS) is 11.4. The van der Waals surface area contributed by atoms with E-state index in [2.05, 4.69) is 4.98 Å². The molecule has 0 saturated carbocycles. The molecule has 0 amide bonds. The maximum atomic E-state index is 13.2. The highest BCUT2D eigenvalue weighted by molar-refractivity contribution is 7.91. The number of ether oxygens (including phenoxy) is 2. The van der Waals surface area contributed by atoms with Crippen LogP contribution in [-0.2, 0) is 9.84 Å². The van der Waals surface area contributed by atoms with E-state index in [0.29, 0.717) is 11.3 Å². The van der Waals surface area contributed by atoms with E-state index in [4.69, 9.17) is 9.47 Å². The van der Waals surface area contributed by atoms with Gasteiger partial charge in [-0.05, 0) is 59.7 Å². The van der Waals surface area contributed by atoms with E-state index in [-0.39, 0.29) is 9.92 Å². The first kappa shape index (κ1) is 19.0. The molecule has 1 aromatic heterocycles. The predicted octanol–water partition coefficient (Wildman–Crippen LogP) is 4.75. The quantitative estimate of drug-likeness (QED) is 0.479. The number of nitrogens with zero attached hydrogens (tertiary/aromatic N) is 1. The Morgan fingerprint density at radius 3 is 1.97 bits per heavy atom. The standard InChI is InChI=1S/C23H19NO4S/c1-27-17-9-7-16(8-10-17)21-15-23(24-22-6-4-3-5-20(21)22)29(25,26)19-13-11-18(28-2)12-14-19/h3-15H,1-2H3. The van der Waals surface area contributed by atoms with Crippen LogP contribution in [0.25, 0.3) is 22.0 Å². The van der Waals surface area contributed by atoms with Gasteiger partial charge in [-0.25, -0.2) is 13.4 Å². The Morgan fingerprint density at radius 1 is 0.759 bits per heavy atom. The molecule has 0 fully saturated rings. The zero-order valence-corrected chi connectivity index (χ0v) is 16.8. The number of hydrogen-bond acceptors (Lipinski definition) is 5. The molecule has 146 valence electrons. The first-order valence-electron chi connectivity index (χ1n) is 8.96. The summed E-state index contributed by atoms with van der Waals surface area (Å²) in [5.74, 6) is 1.33. The molecular formula is C23H19NO4S. The molecule has 0 bridgehead atoms. The van der Waals surface area contributed by atoms with Crippen LogP contribution in [0.15, 0.2) is 88.8 Å². The summed E-state index contributed by atoms with van der Waals surface area (Å²) >= 11 is 0.